The molecule has 2 aromatic heterocycles. The minimum atomic E-state index is -0.636. The molecule has 31 heavy (non-hydrogen) atoms. The number of halogens is 1. The third-order valence-corrected chi connectivity index (χ3v) is 5.36. The van der Waals surface area contributed by atoms with Crippen LogP contribution < -0.4 is 5.43 Å². The van der Waals surface area contributed by atoms with Gasteiger partial charge in [0.15, 0.2) is 5.78 Å². The molecule has 0 spiro atoms. The molecular weight excluding hydrogens is 460 g/mol. The van der Waals surface area contributed by atoms with Gasteiger partial charge in [-0.3, -0.25) is 9.59 Å². The van der Waals surface area contributed by atoms with Crippen molar-refractivity contribution in [1.29, 1.82) is 0 Å². The molecule has 0 aliphatic carbocycles. The fourth-order valence-electron chi connectivity index (χ4n) is 3.46. The lowest BCUT2D eigenvalue weighted by Gasteiger charge is -2.14. The van der Waals surface area contributed by atoms with Crippen molar-refractivity contribution in [3.05, 3.63) is 110 Å². The summed E-state index contributed by atoms with van der Waals surface area (Å²) in [6.07, 6.45) is 1.53. The van der Waals surface area contributed by atoms with Gasteiger partial charge in [-0.05, 0) is 46.3 Å². The van der Waals surface area contributed by atoms with Crippen molar-refractivity contribution in [3.63, 3.8) is 0 Å². The quantitative estimate of drug-likeness (QED) is 0.244. The third-order valence-electron chi connectivity index (χ3n) is 4.91. The molecule has 0 aliphatic heterocycles. The SMILES string of the molecule is COC(=O)c1ccccc1C(=O)c1cn(Cc2cccc(Br)n2)c2ccccc2c1=O. The van der Waals surface area contributed by atoms with Gasteiger partial charge in [0, 0.05) is 17.1 Å². The fourth-order valence-corrected chi connectivity index (χ4v) is 3.85. The number of para-hydroxylation sites is 1. The maximum absolute atomic E-state index is 13.4. The van der Waals surface area contributed by atoms with E-state index in [1.54, 1.807) is 24.3 Å². The van der Waals surface area contributed by atoms with Gasteiger partial charge in [0.2, 0.25) is 5.43 Å². The molecule has 0 radical (unpaired) electrons. The van der Waals surface area contributed by atoms with Gasteiger partial charge in [0.05, 0.1) is 36.0 Å². The molecule has 4 rings (SSSR count). The molecule has 0 saturated heterocycles. The summed E-state index contributed by atoms with van der Waals surface area (Å²) >= 11 is 3.37. The Balaban J connectivity index is 1.90. The molecule has 0 unspecified atom stereocenters. The van der Waals surface area contributed by atoms with Crippen LogP contribution in [0.1, 0.15) is 32.0 Å². The first-order chi connectivity index (χ1) is 15.0. The first kappa shape index (κ1) is 20.7. The summed E-state index contributed by atoms with van der Waals surface area (Å²) in [6.45, 7) is 0.360. The van der Waals surface area contributed by atoms with Crippen LogP contribution >= 0.6 is 15.9 Å². The summed E-state index contributed by atoms with van der Waals surface area (Å²) in [5.41, 5.74) is 1.27. The standard InChI is InChI=1S/C24H17BrN2O4/c1-31-24(30)17-9-3-2-8-16(17)22(28)19-14-27(13-15-7-6-12-21(25)26-15)20-11-5-4-10-18(20)23(19)29/h2-12,14H,13H2,1H3. The van der Waals surface area contributed by atoms with Crippen molar-refractivity contribution in [2.45, 2.75) is 6.54 Å². The van der Waals surface area contributed by atoms with E-state index in [2.05, 4.69) is 20.9 Å². The highest BCUT2D eigenvalue weighted by molar-refractivity contribution is 9.10. The second-order valence-corrected chi connectivity index (χ2v) is 7.65. The minimum Gasteiger partial charge on any atom is -0.465 e. The van der Waals surface area contributed by atoms with Crippen molar-refractivity contribution in [3.8, 4) is 0 Å². The van der Waals surface area contributed by atoms with Crippen LogP contribution in [0, 0.1) is 0 Å². The van der Waals surface area contributed by atoms with Crippen LogP contribution in [0.2, 0.25) is 0 Å². The molecule has 0 atom stereocenters. The maximum Gasteiger partial charge on any atom is 0.338 e. The minimum absolute atomic E-state index is 0.0231. The van der Waals surface area contributed by atoms with E-state index in [9.17, 15) is 14.4 Å². The Hall–Kier alpha value is -3.58. The molecule has 0 saturated carbocycles. The molecule has 0 amide bonds. The van der Waals surface area contributed by atoms with Gasteiger partial charge in [-0.25, -0.2) is 9.78 Å². The van der Waals surface area contributed by atoms with Crippen LogP contribution in [0.25, 0.3) is 10.9 Å². The summed E-state index contributed by atoms with van der Waals surface area (Å²) < 4.78 is 7.30. The molecule has 0 fully saturated rings. The number of hydrogen-bond acceptors (Lipinski definition) is 5. The highest BCUT2D eigenvalue weighted by atomic mass is 79.9. The molecule has 0 N–H and O–H groups in total. The summed E-state index contributed by atoms with van der Waals surface area (Å²) in [7, 11) is 1.25. The number of carbonyl (C=O) groups excluding carboxylic acids is 2. The van der Waals surface area contributed by atoms with Gasteiger partial charge in [-0.15, -0.1) is 0 Å². The summed E-state index contributed by atoms with van der Waals surface area (Å²) in [5, 5.41) is 0.416. The Bertz CT molecular complexity index is 1380. The largest absolute Gasteiger partial charge is 0.465 e. The molecule has 6 nitrogen and oxygen atoms in total. The number of methoxy groups -OCH3 is 1. The second kappa shape index (κ2) is 8.65. The first-order valence-corrected chi connectivity index (χ1v) is 10.2. The van der Waals surface area contributed by atoms with Crippen molar-refractivity contribution in [1.82, 2.24) is 9.55 Å². The maximum atomic E-state index is 13.4. The molecule has 154 valence electrons. The predicted molar refractivity (Wildman–Crippen MR) is 120 cm³/mol. The molecule has 2 aromatic carbocycles. The summed E-state index contributed by atoms with van der Waals surface area (Å²) in [4.78, 5) is 43.1. The number of fused-ring (bicyclic) bond motifs is 1. The van der Waals surface area contributed by atoms with Gasteiger partial charge in [0.25, 0.3) is 0 Å². The number of benzene rings is 2. The van der Waals surface area contributed by atoms with E-state index in [0.717, 1.165) is 5.69 Å². The Morgan fingerprint density at radius 2 is 1.65 bits per heavy atom. The van der Waals surface area contributed by atoms with Crippen molar-refractivity contribution >= 4 is 38.6 Å². The van der Waals surface area contributed by atoms with Crippen LogP contribution in [-0.2, 0) is 11.3 Å². The summed E-state index contributed by atoms with van der Waals surface area (Å²) in [6, 6.07) is 19.0. The number of hydrogen-bond donors (Lipinski definition) is 0. The van der Waals surface area contributed by atoms with Crippen LogP contribution in [0.15, 0.2) is 82.3 Å². The van der Waals surface area contributed by atoms with Gasteiger partial charge >= 0.3 is 5.97 Å². The van der Waals surface area contributed by atoms with Crippen LogP contribution in [0.3, 0.4) is 0 Å². The zero-order chi connectivity index (χ0) is 22.0. The number of carbonyl (C=O) groups is 2. The van der Waals surface area contributed by atoms with Crippen LogP contribution in [0.4, 0.5) is 0 Å². The number of rotatable bonds is 5. The molecular formula is C24H17BrN2O4. The number of nitrogens with zero attached hydrogens (tertiary/aromatic N) is 2. The number of ether oxygens (including phenoxy) is 1. The topological polar surface area (TPSA) is 78.3 Å². The second-order valence-electron chi connectivity index (χ2n) is 6.83. The number of ketones is 1. The smallest absolute Gasteiger partial charge is 0.338 e. The first-order valence-electron chi connectivity index (χ1n) is 9.45. The monoisotopic (exact) mass is 476 g/mol. The van der Waals surface area contributed by atoms with E-state index in [-0.39, 0.29) is 16.7 Å². The predicted octanol–water partition coefficient (Wildman–Crippen LogP) is 4.22. The Morgan fingerprint density at radius 3 is 2.39 bits per heavy atom. The molecule has 2 heterocycles. The Morgan fingerprint density at radius 1 is 0.935 bits per heavy atom. The Kier molecular flexibility index (Phi) is 5.77. The zero-order valence-corrected chi connectivity index (χ0v) is 18.1. The highest BCUT2D eigenvalue weighted by Gasteiger charge is 2.22. The number of esters is 1. The number of pyridine rings is 2. The van der Waals surface area contributed by atoms with Crippen molar-refractivity contribution < 1.29 is 14.3 Å². The summed E-state index contributed by atoms with van der Waals surface area (Å²) in [5.74, 6) is -1.17. The number of aromatic nitrogens is 2. The van der Waals surface area contributed by atoms with E-state index in [0.29, 0.717) is 22.1 Å². The molecule has 0 bridgehead atoms. The average molecular weight is 477 g/mol. The van der Waals surface area contributed by atoms with Crippen molar-refractivity contribution in [2.75, 3.05) is 7.11 Å². The highest BCUT2D eigenvalue weighted by Crippen LogP contribution is 2.19. The van der Waals surface area contributed by atoms with Crippen molar-refractivity contribution in [2.24, 2.45) is 0 Å². The van der Waals surface area contributed by atoms with Gasteiger partial charge in [-0.1, -0.05) is 36.4 Å². The molecule has 4 aromatic rings. The van der Waals surface area contributed by atoms with Crippen LogP contribution in [-0.4, -0.2) is 28.4 Å². The fraction of sp³-hybridized carbons (Fsp3) is 0.0833. The van der Waals surface area contributed by atoms with E-state index < -0.39 is 17.2 Å². The van der Waals surface area contributed by atoms with Gasteiger partial charge in [0.1, 0.15) is 4.60 Å². The van der Waals surface area contributed by atoms with E-state index in [1.165, 1.54) is 25.4 Å². The van der Waals surface area contributed by atoms with E-state index in [1.807, 2.05) is 34.9 Å². The third kappa shape index (κ3) is 4.04. The normalized spacial score (nSPS) is 10.8. The van der Waals surface area contributed by atoms with E-state index in [4.69, 9.17) is 4.74 Å². The van der Waals surface area contributed by atoms with E-state index >= 15 is 0 Å². The Labute approximate surface area is 186 Å². The van der Waals surface area contributed by atoms with Crippen LogP contribution in [0.5, 0.6) is 0 Å². The lowest BCUT2D eigenvalue weighted by molar-refractivity contribution is 0.0597. The van der Waals surface area contributed by atoms with Gasteiger partial charge < -0.3 is 9.30 Å². The van der Waals surface area contributed by atoms with Gasteiger partial charge in [-0.2, -0.15) is 0 Å². The average Bonchev–Trinajstić information content (AvgIpc) is 2.80. The molecule has 0 aliphatic rings. The lowest BCUT2D eigenvalue weighted by atomic mass is 9.98. The zero-order valence-electron chi connectivity index (χ0n) is 16.5. The molecule has 7 heteroatoms. The lowest BCUT2D eigenvalue weighted by Crippen LogP contribution is -2.22.